The monoisotopic (exact) mass is 263 g/mol. The number of hydrogen-bond acceptors (Lipinski definition) is 2. The van der Waals surface area contributed by atoms with Crippen LogP contribution in [0, 0.1) is 23.3 Å². The van der Waals surface area contributed by atoms with E-state index in [1.807, 2.05) is 0 Å². The maximum absolute atomic E-state index is 13.1. The van der Waals surface area contributed by atoms with E-state index >= 15 is 0 Å². The lowest BCUT2D eigenvalue weighted by Gasteiger charge is -2.09. The molecular formula is C11H9F4NO2. The topological polar surface area (TPSA) is 38.3 Å². The van der Waals surface area contributed by atoms with Crippen molar-refractivity contribution in [3.05, 3.63) is 42.0 Å². The van der Waals surface area contributed by atoms with Gasteiger partial charge in [0.05, 0.1) is 0 Å². The van der Waals surface area contributed by atoms with Crippen LogP contribution in [0.5, 0.6) is 5.75 Å². The number of carbonyl (C=O) groups excluding carboxylic acids is 1. The molecule has 3 nitrogen and oxygen atoms in total. The van der Waals surface area contributed by atoms with Crippen LogP contribution < -0.4 is 10.1 Å². The van der Waals surface area contributed by atoms with Crippen molar-refractivity contribution >= 4 is 5.91 Å². The van der Waals surface area contributed by atoms with Crippen LogP contribution in [-0.4, -0.2) is 19.1 Å². The van der Waals surface area contributed by atoms with E-state index in [2.05, 4.69) is 16.6 Å². The number of amides is 1. The van der Waals surface area contributed by atoms with Gasteiger partial charge in [0.25, 0.3) is 5.91 Å². The summed E-state index contributed by atoms with van der Waals surface area (Å²) in [6.07, 6.45) is 1.38. The van der Waals surface area contributed by atoms with Crippen molar-refractivity contribution in [1.29, 1.82) is 0 Å². The number of rotatable bonds is 5. The summed E-state index contributed by atoms with van der Waals surface area (Å²) in [6.45, 7) is 2.68. The van der Waals surface area contributed by atoms with Crippen LogP contribution in [0.2, 0.25) is 0 Å². The smallest absolute Gasteiger partial charge is 0.258 e. The molecule has 0 unspecified atom stereocenters. The summed E-state index contributed by atoms with van der Waals surface area (Å²) >= 11 is 0. The molecule has 0 saturated carbocycles. The Labute approximate surface area is 100 Å². The molecule has 18 heavy (non-hydrogen) atoms. The lowest BCUT2D eigenvalue weighted by atomic mass is 10.3. The molecule has 0 saturated heterocycles. The van der Waals surface area contributed by atoms with Gasteiger partial charge >= 0.3 is 0 Å². The summed E-state index contributed by atoms with van der Waals surface area (Å²) < 4.78 is 56.1. The van der Waals surface area contributed by atoms with E-state index in [1.165, 1.54) is 6.08 Å². The molecule has 1 aromatic carbocycles. The zero-order valence-corrected chi connectivity index (χ0v) is 9.10. The molecule has 0 bridgehead atoms. The van der Waals surface area contributed by atoms with E-state index in [1.54, 1.807) is 0 Å². The molecular weight excluding hydrogens is 254 g/mol. The number of halogens is 4. The quantitative estimate of drug-likeness (QED) is 0.501. The van der Waals surface area contributed by atoms with Crippen molar-refractivity contribution in [2.75, 3.05) is 13.2 Å². The molecule has 0 aromatic heterocycles. The van der Waals surface area contributed by atoms with E-state index < -0.39 is 41.5 Å². The highest BCUT2D eigenvalue weighted by molar-refractivity contribution is 5.77. The third kappa shape index (κ3) is 3.22. The minimum absolute atomic E-state index is 0.0509. The highest BCUT2D eigenvalue weighted by atomic mass is 19.2. The van der Waals surface area contributed by atoms with Crippen molar-refractivity contribution in [1.82, 2.24) is 5.32 Å². The lowest BCUT2D eigenvalue weighted by molar-refractivity contribution is -0.122. The maximum atomic E-state index is 13.1. The van der Waals surface area contributed by atoms with Gasteiger partial charge in [0.2, 0.25) is 11.6 Å². The number of ether oxygens (including phenoxy) is 1. The predicted molar refractivity (Wildman–Crippen MR) is 55.0 cm³/mol. The van der Waals surface area contributed by atoms with Crippen molar-refractivity contribution in [3.8, 4) is 5.75 Å². The van der Waals surface area contributed by atoms with E-state index in [-0.39, 0.29) is 12.6 Å². The summed E-state index contributed by atoms with van der Waals surface area (Å²) in [4.78, 5) is 11.1. The first-order chi connectivity index (χ1) is 8.47. The minimum atomic E-state index is -1.69. The van der Waals surface area contributed by atoms with Gasteiger partial charge in [0.15, 0.2) is 24.0 Å². The van der Waals surface area contributed by atoms with Crippen LogP contribution in [0.25, 0.3) is 0 Å². The van der Waals surface area contributed by atoms with Gasteiger partial charge in [-0.25, -0.2) is 8.78 Å². The van der Waals surface area contributed by atoms with E-state index in [0.717, 1.165) is 0 Å². The average molecular weight is 263 g/mol. The molecule has 0 aliphatic rings. The van der Waals surface area contributed by atoms with Gasteiger partial charge in [-0.3, -0.25) is 4.79 Å². The van der Waals surface area contributed by atoms with Crippen molar-refractivity contribution in [2.24, 2.45) is 0 Å². The molecule has 0 radical (unpaired) electrons. The van der Waals surface area contributed by atoms with Gasteiger partial charge in [-0.2, -0.15) is 8.78 Å². The second-order valence-corrected chi connectivity index (χ2v) is 3.18. The van der Waals surface area contributed by atoms with E-state index in [4.69, 9.17) is 0 Å². The van der Waals surface area contributed by atoms with Crippen LogP contribution in [0.1, 0.15) is 0 Å². The lowest BCUT2D eigenvalue weighted by Crippen LogP contribution is -2.29. The maximum Gasteiger partial charge on any atom is 0.258 e. The van der Waals surface area contributed by atoms with Gasteiger partial charge in [0, 0.05) is 12.6 Å². The minimum Gasteiger partial charge on any atom is -0.477 e. The Hall–Kier alpha value is -2.05. The molecule has 0 fully saturated rings. The molecule has 98 valence electrons. The molecule has 0 aliphatic carbocycles. The number of benzene rings is 1. The zero-order chi connectivity index (χ0) is 13.7. The fraction of sp³-hybridized carbons (Fsp3) is 0.182. The van der Waals surface area contributed by atoms with Crippen LogP contribution in [0.4, 0.5) is 17.6 Å². The highest BCUT2D eigenvalue weighted by Gasteiger charge is 2.21. The predicted octanol–water partition coefficient (Wildman–Crippen LogP) is 1.92. The Bertz CT molecular complexity index is 450. The second kappa shape index (κ2) is 6.04. The summed E-state index contributed by atoms with van der Waals surface area (Å²) in [5.74, 6) is -8.55. The Morgan fingerprint density at radius 3 is 2.33 bits per heavy atom. The van der Waals surface area contributed by atoms with Crippen LogP contribution in [0.15, 0.2) is 18.7 Å². The summed E-state index contributed by atoms with van der Waals surface area (Å²) in [7, 11) is 0. The van der Waals surface area contributed by atoms with E-state index in [0.29, 0.717) is 0 Å². The Kier molecular flexibility index (Phi) is 4.70. The number of carbonyl (C=O) groups is 1. The van der Waals surface area contributed by atoms with Crippen LogP contribution >= 0.6 is 0 Å². The largest absolute Gasteiger partial charge is 0.477 e. The molecule has 0 aliphatic heterocycles. The molecule has 1 N–H and O–H groups in total. The summed E-state index contributed by atoms with van der Waals surface area (Å²) in [5, 5.41) is 2.26. The molecule has 1 rings (SSSR count). The first-order valence-electron chi connectivity index (χ1n) is 4.80. The van der Waals surface area contributed by atoms with Crippen molar-refractivity contribution < 1.29 is 27.1 Å². The van der Waals surface area contributed by atoms with Gasteiger partial charge in [-0.05, 0) is 0 Å². The third-order valence-corrected chi connectivity index (χ3v) is 1.86. The Morgan fingerprint density at radius 2 is 1.83 bits per heavy atom. The van der Waals surface area contributed by atoms with Crippen LogP contribution in [0.3, 0.4) is 0 Å². The second-order valence-electron chi connectivity index (χ2n) is 3.18. The molecule has 1 amide bonds. The Morgan fingerprint density at radius 1 is 1.28 bits per heavy atom. The van der Waals surface area contributed by atoms with E-state index in [9.17, 15) is 22.4 Å². The molecule has 0 heterocycles. The summed E-state index contributed by atoms with van der Waals surface area (Å²) in [6, 6.07) is 0.0509. The fourth-order valence-electron chi connectivity index (χ4n) is 1.05. The van der Waals surface area contributed by atoms with Gasteiger partial charge in [0.1, 0.15) is 0 Å². The molecule has 0 spiro atoms. The number of nitrogens with one attached hydrogen (secondary N) is 1. The highest BCUT2D eigenvalue weighted by Crippen LogP contribution is 2.26. The van der Waals surface area contributed by atoms with Crippen molar-refractivity contribution in [3.63, 3.8) is 0 Å². The fourth-order valence-corrected chi connectivity index (χ4v) is 1.05. The molecule has 0 atom stereocenters. The third-order valence-electron chi connectivity index (χ3n) is 1.86. The first kappa shape index (κ1) is 14.0. The van der Waals surface area contributed by atoms with Gasteiger partial charge in [-0.15, -0.1) is 6.58 Å². The van der Waals surface area contributed by atoms with Gasteiger partial charge in [-0.1, -0.05) is 6.08 Å². The average Bonchev–Trinajstić information content (AvgIpc) is 2.34. The first-order valence-corrected chi connectivity index (χ1v) is 4.80. The zero-order valence-electron chi connectivity index (χ0n) is 9.10. The normalized spacial score (nSPS) is 10.0. The Balaban J connectivity index is 2.79. The molecule has 7 heteroatoms. The van der Waals surface area contributed by atoms with Gasteiger partial charge < -0.3 is 10.1 Å². The standard InChI is InChI=1S/C11H9F4NO2/c1-2-3-16-8(17)5-18-11-9(14)6(12)4-7(13)10(11)15/h2,4H,1,3,5H2,(H,16,17). The summed E-state index contributed by atoms with van der Waals surface area (Å²) in [5.41, 5.74) is 0. The molecule has 1 aromatic rings. The van der Waals surface area contributed by atoms with Crippen LogP contribution in [-0.2, 0) is 4.79 Å². The van der Waals surface area contributed by atoms with Crippen molar-refractivity contribution in [2.45, 2.75) is 0 Å². The number of hydrogen-bond donors (Lipinski definition) is 1. The SMILES string of the molecule is C=CCNC(=O)COc1c(F)c(F)cc(F)c1F.